The third-order valence-corrected chi connectivity index (χ3v) is 8.43. The van der Waals surface area contributed by atoms with Crippen molar-refractivity contribution in [1.82, 2.24) is 20.5 Å². The van der Waals surface area contributed by atoms with Crippen LogP contribution in [0.2, 0.25) is 5.02 Å². The summed E-state index contributed by atoms with van der Waals surface area (Å²) in [7, 11) is 0. The van der Waals surface area contributed by atoms with Crippen molar-refractivity contribution in [1.29, 1.82) is 0 Å². The van der Waals surface area contributed by atoms with Crippen LogP contribution in [0.15, 0.2) is 41.2 Å². The Kier molecular flexibility index (Phi) is 10.3. The summed E-state index contributed by atoms with van der Waals surface area (Å²) in [6, 6.07) is 11.0. The molecular weight excluding hydrogens is 546 g/mol. The highest BCUT2D eigenvalue weighted by molar-refractivity contribution is 7.16. The molecule has 3 aromatic rings. The molecule has 7 nitrogen and oxygen atoms in total. The zero-order chi connectivity index (χ0) is 27.8. The maximum atomic E-state index is 13.8. The van der Waals surface area contributed by atoms with Crippen LogP contribution < -0.4 is 15.5 Å². The van der Waals surface area contributed by atoms with Gasteiger partial charge in [-0.25, -0.2) is 8.78 Å². The number of amides is 1. The van der Waals surface area contributed by atoms with E-state index in [2.05, 4.69) is 20.5 Å². The van der Waals surface area contributed by atoms with Crippen molar-refractivity contribution < 1.29 is 18.7 Å². The molecule has 2 aromatic carbocycles. The first kappa shape index (κ1) is 29.5. The zero-order valence-electron chi connectivity index (χ0n) is 21.8. The molecule has 0 radical (unpaired) electrons. The van der Waals surface area contributed by atoms with Gasteiger partial charge in [0, 0.05) is 56.5 Å². The number of aromatic amines is 1. The second-order valence-corrected chi connectivity index (χ2v) is 11.5. The van der Waals surface area contributed by atoms with E-state index in [1.54, 1.807) is 6.07 Å². The van der Waals surface area contributed by atoms with Gasteiger partial charge in [0.25, 0.3) is 0 Å². The fraction of sp³-hybridized carbons (Fsp3) is 0.500. The van der Waals surface area contributed by atoms with Crippen LogP contribution in [0, 0.1) is 0 Å². The van der Waals surface area contributed by atoms with Gasteiger partial charge in [-0.05, 0) is 61.6 Å². The number of carbonyl (C=O) groups is 1. The molecule has 1 saturated carbocycles. The van der Waals surface area contributed by atoms with Crippen LogP contribution in [0.1, 0.15) is 43.2 Å². The summed E-state index contributed by atoms with van der Waals surface area (Å²) in [5, 5.41) is 17.0. The van der Waals surface area contributed by atoms with Gasteiger partial charge in [-0.2, -0.15) is 0 Å². The molecule has 1 aliphatic rings. The number of thiazole rings is 1. The van der Waals surface area contributed by atoms with Crippen molar-refractivity contribution in [2.45, 2.75) is 56.9 Å². The molecule has 11 heteroatoms. The van der Waals surface area contributed by atoms with Gasteiger partial charge in [0.1, 0.15) is 11.3 Å². The van der Waals surface area contributed by atoms with Crippen molar-refractivity contribution in [2.75, 3.05) is 32.7 Å². The maximum Gasteiger partial charge on any atom is 0.305 e. The predicted octanol–water partition coefficient (Wildman–Crippen LogP) is 4.71. The maximum absolute atomic E-state index is 13.8. The van der Waals surface area contributed by atoms with E-state index in [1.807, 2.05) is 30.3 Å². The van der Waals surface area contributed by atoms with Crippen LogP contribution >= 0.6 is 22.9 Å². The second kappa shape index (κ2) is 13.7. The normalized spacial score (nSPS) is 15.7. The fourth-order valence-corrected chi connectivity index (χ4v) is 6.19. The molecule has 4 N–H and O–H groups in total. The van der Waals surface area contributed by atoms with E-state index in [9.17, 15) is 23.5 Å². The van der Waals surface area contributed by atoms with E-state index >= 15 is 0 Å². The Morgan fingerprint density at radius 1 is 1.13 bits per heavy atom. The van der Waals surface area contributed by atoms with Gasteiger partial charge in [-0.1, -0.05) is 41.1 Å². The van der Waals surface area contributed by atoms with Crippen LogP contribution in [0.25, 0.3) is 10.2 Å². The molecule has 1 amide bonds. The molecule has 0 aliphatic heterocycles. The number of fused-ring (bicyclic) bond motifs is 1. The highest BCUT2D eigenvalue weighted by Gasteiger charge is 2.36. The number of rotatable bonds is 13. The lowest BCUT2D eigenvalue weighted by molar-refractivity contribution is -0.121. The fourth-order valence-electron chi connectivity index (χ4n) is 5.08. The van der Waals surface area contributed by atoms with Gasteiger partial charge in [0.05, 0.1) is 4.70 Å². The van der Waals surface area contributed by atoms with Crippen molar-refractivity contribution in [3.8, 4) is 5.75 Å². The number of nitrogens with zero attached hydrogens (tertiary/aromatic N) is 1. The monoisotopic (exact) mass is 580 g/mol. The van der Waals surface area contributed by atoms with Crippen molar-refractivity contribution in [3.05, 3.63) is 62.2 Å². The summed E-state index contributed by atoms with van der Waals surface area (Å²) >= 11 is 7.10. The molecule has 0 unspecified atom stereocenters. The Bertz CT molecular complexity index is 1310. The molecule has 39 heavy (non-hydrogen) atoms. The summed E-state index contributed by atoms with van der Waals surface area (Å²) in [6.07, 6.45) is 2.26. The first-order valence-electron chi connectivity index (χ1n) is 13.4. The SMILES string of the molecule is O=C(CCN(CCNCCc1ccc(O)c2[nH]c(=O)sc12)C1CCC(F)(F)CC1)NCCc1cccc(Cl)c1. The molecule has 1 aliphatic carbocycles. The van der Waals surface area contributed by atoms with Gasteiger partial charge in [0.2, 0.25) is 11.8 Å². The smallest absolute Gasteiger partial charge is 0.305 e. The first-order chi connectivity index (χ1) is 18.7. The van der Waals surface area contributed by atoms with Crippen LogP contribution in [0.3, 0.4) is 0 Å². The van der Waals surface area contributed by atoms with Crippen LogP contribution in [0.4, 0.5) is 8.78 Å². The zero-order valence-corrected chi connectivity index (χ0v) is 23.4. The Morgan fingerprint density at radius 2 is 1.92 bits per heavy atom. The minimum Gasteiger partial charge on any atom is -0.506 e. The van der Waals surface area contributed by atoms with E-state index in [0.717, 1.165) is 27.2 Å². The van der Waals surface area contributed by atoms with E-state index in [-0.39, 0.29) is 35.4 Å². The minimum atomic E-state index is -2.60. The van der Waals surface area contributed by atoms with E-state index < -0.39 is 5.92 Å². The Morgan fingerprint density at radius 3 is 2.69 bits per heavy atom. The molecule has 0 bridgehead atoms. The van der Waals surface area contributed by atoms with E-state index in [0.29, 0.717) is 75.4 Å². The molecule has 1 fully saturated rings. The molecule has 0 spiro atoms. The van der Waals surface area contributed by atoms with Gasteiger partial charge in [-0.3, -0.25) is 14.5 Å². The molecular formula is C28H35ClF2N4O3S. The number of benzene rings is 2. The lowest BCUT2D eigenvalue weighted by Crippen LogP contribution is -2.45. The van der Waals surface area contributed by atoms with Crippen molar-refractivity contribution in [2.24, 2.45) is 0 Å². The lowest BCUT2D eigenvalue weighted by Gasteiger charge is -2.37. The summed E-state index contributed by atoms with van der Waals surface area (Å²) in [4.78, 5) is 28.9. The number of aromatic hydroxyl groups is 1. The van der Waals surface area contributed by atoms with Crippen molar-refractivity contribution >= 4 is 39.1 Å². The molecule has 4 rings (SSSR count). The van der Waals surface area contributed by atoms with Gasteiger partial charge < -0.3 is 20.7 Å². The third-order valence-electron chi connectivity index (χ3n) is 7.24. The number of carbonyl (C=O) groups excluding carboxylic acids is 1. The Balaban J connectivity index is 1.24. The Hall–Kier alpha value is -2.53. The number of nitrogens with one attached hydrogen (secondary N) is 3. The van der Waals surface area contributed by atoms with E-state index in [4.69, 9.17) is 11.6 Å². The summed E-state index contributed by atoms with van der Waals surface area (Å²) in [6.45, 7) is 2.97. The van der Waals surface area contributed by atoms with E-state index in [1.165, 1.54) is 0 Å². The number of phenolic OH excluding ortho intramolecular Hbond substituents is 1. The standard InChI is InChI=1S/C28H35ClF2N4O3S/c29-21-3-1-2-19(18-21)8-14-33-24(37)10-16-35(22-6-11-28(30,31)12-7-22)17-15-32-13-9-20-4-5-23(36)25-26(20)39-27(38)34-25/h1-5,18,22,32,36H,6-17H2,(H,33,37)(H,34,38). The minimum absolute atomic E-state index is 0.0274. The number of aromatic nitrogens is 1. The van der Waals surface area contributed by atoms with Gasteiger partial charge >= 0.3 is 4.87 Å². The third kappa shape index (κ3) is 8.73. The average Bonchev–Trinajstić information content (AvgIpc) is 3.30. The van der Waals surface area contributed by atoms with Crippen LogP contribution in [0.5, 0.6) is 5.75 Å². The Labute approximate surface area is 235 Å². The number of phenols is 1. The number of hydrogen-bond donors (Lipinski definition) is 4. The molecule has 1 aromatic heterocycles. The summed E-state index contributed by atoms with van der Waals surface area (Å²) in [5.74, 6) is -2.60. The molecule has 1 heterocycles. The number of H-pyrrole nitrogens is 1. The predicted molar refractivity (Wildman–Crippen MR) is 152 cm³/mol. The van der Waals surface area contributed by atoms with Gasteiger partial charge in [0.15, 0.2) is 0 Å². The topological polar surface area (TPSA) is 97.5 Å². The van der Waals surface area contributed by atoms with Gasteiger partial charge in [-0.15, -0.1) is 0 Å². The summed E-state index contributed by atoms with van der Waals surface area (Å²) in [5.41, 5.74) is 2.49. The quantitative estimate of drug-likeness (QED) is 0.220. The first-order valence-corrected chi connectivity index (χ1v) is 14.6. The molecule has 0 atom stereocenters. The summed E-state index contributed by atoms with van der Waals surface area (Å²) < 4.78 is 28.3. The highest BCUT2D eigenvalue weighted by atomic mass is 35.5. The van der Waals surface area contributed by atoms with Crippen LogP contribution in [-0.4, -0.2) is 65.6 Å². The number of alkyl halides is 2. The lowest BCUT2D eigenvalue weighted by atomic mass is 9.91. The number of hydrogen-bond acceptors (Lipinski definition) is 6. The second-order valence-electron chi connectivity index (χ2n) is 10.1. The average molecular weight is 581 g/mol. The molecule has 212 valence electrons. The van der Waals surface area contributed by atoms with Crippen molar-refractivity contribution in [3.63, 3.8) is 0 Å². The largest absolute Gasteiger partial charge is 0.506 e. The number of halogens is 3. The highest BCUT2D eigenvalue weighted by Crippen LogP contribution is 2.35. The van der Waals surface area contributed by atoms with Crippen LogP contribution in [-0.2, 0) is 17.6 Å². The molecule has 0 saturated heterocycles.